The van der Waals surface area contributed by atoms with E-state index in [1.54, 1.807) is 6.20 Å². The number of nitrogens with zero attached hydrogens (tertiary/aromatic N) is 4. The molecular weight excluding hydrogens is 400 g/mol. The fraction of sp³-hybridized carbons (Fsp3) is 0.381. The third-order valence-corrected chi connectivity index (χ3v) is 5.86. The molecule has 4 rings (SSSR count). The molecule has 8 nitrogen and oxygen atoms in total. The van der Waals surface area contributed by atoms with Crippen LogP contribution in [-0.2, 0) is 0 Å². The van der Waals surface area contributed by atoms with Gasteiger partial charge in [-0.05, 0) is 32.8 Å². The monoisotopic (exact) mass is 424 g/mol. The quantitative estimate of drug-likeness (QED) is 0.579. The number of rotatable bonds is 6. The molecule has 1 aliphatic rings. The third kappa shape index (κ3) is 4.25. The number of hydrogen-bond acceptors (Lipinski definition) is 8. The summed E-state index contributed by atoms with van der Waals surface area (Å²) in [5, 5.41) is 17.5. The molecule has 1 saturated heterocycles. The molecule has 3 heterocycles. The number of benzene rings is 1. The molecule has 2 aromatic heterocycles. The Hall–Kier alpha value is -3.07. The highest BCUT2D eigenvalue weighted by atomic mass is 32.1. The molecule has 2 N–H and O–H groups in total. The van der Waals surface area contributed by atoms with Crippen LogP contribution in [0.25, 0.3) is 11.4 Å². The molecular formula is C21H24N6O2S. The number of hydrogen-bond donors (Lipinski definition) is 2. The highest BCUT2D eigenvalue weighted by molar-refractivity contribution is 7.11. The van der Waals surface area contributed by atoms with Crippen molar-refractivity contribution in [1.29, 1.82) is 5.41 Å². The van der Waals surface area contributed by atoms with E-state index in [9.17, 15) is 4.79 Å². The first-order valence-corrected chi connectivity index (χ1v) is 10.9. The van der Waals surface area contributed by atoms with Crippen LogP contribution in [0, 0.1) is 5.41 Å². The van der Waals surface area contributed by atoms with Crippen molar-refractivity contribution in [2.45, 2.75) is 38.6 Å². The van der Waals surface area contributed by atoms with Crippen LogP contribution in [0.3, 0.4) is 0 Å². The first kappa shape index (κ1) is 20.2. The van der Waals surface area contributed by atoms with Gasteiger partial charge in [-0.15, -0.1) is 11.3 Å². The van der Waals surface area contributed by atoms with Crippen LogP contribution < -0.4 is 5.32 Å². The van der Waals surface area contributed by atoms with E-state index in [2.05, 4.69) is 34.3 Å². The Balaban J connectivity index is 1.45. The van der Waals surface area contributed by atoms with Crippen molar-refractivity contribution in [1.82, 2.24) is 20.0 Å². The Morgan fingerprint density at radius 1 is 1.37 bits per heavy atom. The molecule has 1 aliphatic heterocycles. The summed E-state index contributed by atoms with van der Waals surface area (Å²) >= 11 is 1.37. The molecule has 30 heavy (non-hydrogen) atoms. The van der Waals surface area contributed by atoms with Crippen molar-refractivity contribution < 1.29 is 9.32 Å². The molecule has 9 heteroatoms. The summed E-state index contributed by atoms with van der Waals surface area (Å²) < 4.78 is 5.56. The maximum absolute atomic E-state index is 12.5. The SMILES string of the molecule is CC(C)Nc1cc(-c2noc(C3CCN(C(=O)c4nccs4)CC3)n2)ccc1C=N. The standard InChI is InChI=1S/C21H24N6O2S/c1-13(2)24-17-11-15(3-4-16(17)12-22)18-25-19(29-26-18)14-5-8-27(9-6-14)21(28)20-23-7-10-30-20/h3-4,7,10-14,22,24H,5-6,8-9H2,1-2H3. The molecule has 0 aliphatic carbocycles. The molecule has 0 saturated carbocycles. The summed E-state index contributed by atoms with van der Waals surface area (Å²) in [6, 6.07) is 5.98. The number of anilines is 1. The molecule has 0 atom stereocenters. The number of carbonyl (C=O) groups excluding carboxylic acids is 1. The Bertz CT molecular complexity index is 1020. The van der Waals surface area contributed by atoms with Crippen LogP contribution in [0.1, 0.15) is 53.9 Å². The zero-order valence-corrected chi connectivity index (χ0v) is 17.8. The maximum Gasteiger partial charge on any atom is 0.282 e. The summed E-state index contributed by atoms with van der Waals surface area (Å²) in [5.74, 6) is 1.28. The number of amides is 1. The second-order valence-electron chi connectivity index (χ2n) is 7.61. The van der Waals surface area contributed by atoms with E-state index in [1.165, 1.54) is 17.6 Å². The van der Waals surface area contributed by atoms with Gasteiger partial charge < -0.3 is 20.1 Å². The summed E-state index contributed by atoms with van der Waals surface area (Å²) in [6.07, 6.45) is 4.55. The van der Waals surface area contributed by atoms with E-state index in [1.807, 2.05) is 28.5 Å². The Morgan fingerprint density at radius 3 is 2.83 bits per heavy atom. The zero-order chi connectivity index (χ0) is 21.1. The molecule has 0 bridgehead atoms. The lowest BCUT2D eigenvalue weighted by atomic mass is 9.96. The summed E-state index contributed by atoms with van der Waals surface area (Å²) in [6.45, 7) is 5.41. The van der Waals surface area contributed by atoms with E-state index in [-0.39, 0.29) is 17.9 Å². The number of nitrogens with one attached hydrogen (secondary N) is 2. The minimum atomic E-state index is -0.00821. The average Bonchev–Trinajstić information content (AvgIpc) is 3.45. The second kappa shape index (κ2) is 8.74. The van der Waals surface area contributed by atoms with Gasteiger partial charge in [0.25, 0.3) is 5.91 Å². The van der Waals surface area contributed by atoms with Crippen molar-refractivity contribution in [3.8, 4) is 11.4 Å². The van der Waals surface area contributed by atoms with Gasteiger partial charge in [0.15, 0.2) is 5.01 Å². The van der Waals surface area contributed by atoms with Gasteiger partial charge in [0.05, 0.1) is 0 Å². The number of aromatic nitrogens is 3. The van der Waals surface area contributed by atoms with Crippen LogP contribution in [-0.4, -0.2) is 51.3 Å². The fourth-order valence-electron chi connectivity index (χ4n) is 3.57. The van der Waals surface area contributed by atoms with Gasteiger partial charge >= 0.3 is 0 Å². The highest BCUT2D eigenvalue weighted by Gasteiger charge is 2.29. The minimum absolute atomic E-state index is 0.00821. The maximum atomic E-state index is 12.5. The van der Waals surface area contributed by atoms with Crippen LogP contribution in [0.15, 0.2) is 34.3 Å². The Kier molecular flexibility index (Phi) is 5.89. The summed E-state index contributed by atoms with van der Waals surface area (Å²) in [7, 11) is 0. The molecule has 0 radical (unpaired) electrons. The van der Waals surface area contributed by atoms with E-state index >= 15 is 0 Å². The van der Waals surface area contributed by atoms with E-state index in [0.717, 1.165) is 29.7 Å². The van der Waals surface area contributed by atoms with Crippen molar-refractivity contribution in [3.63, 3.8) is 0 Å². The lowest BCUT2D eigenvalue weighted by molar-refractivity contribution is 0.0704. The van der Waals surface area contributed by atoms with Crippen molar-refractivity contribution in [2.24, 2.45) is 0 Å². The van der Waals surface area contributed by atoms with Crippen LogP contribution >= 0.6 is 11.3 Å². The number of piperidine rings is 1. The molecule has 1 fully saturated rings. The predicted octanol–water partition coefficient (Wildman–Crippen LogP) is 4.03. The highest BCUT2D eigenvalue weighted by Crippen LogP contribution is 2.30. The van der Waals surface area contributed by atoms with Crippen LogP contribution in [0.2, 0.25) is 0 Å². The lowest BCUT2D eigenvalue weighted by Crippen LogP contribution is -2.37. The second-order valence-corrected chi connectivity index (χ2v) is 8.50. The summed E-state index contributed by atoms with van der Waals surface area (Å²) in [5.41, 5.74) is 2.53. The number of carbonyl (C=O) groups is 1. The van der Waals surface area contributed by atoms with Gasteiger partial charge in [0, 0.05) is 59.7 Å². The fourth-order valence-corrected chi connectivity index (χ4v) is 4.17. The molecule has 156 valence electrons. The smallest absolute Gasteiger partial charge is 0.282 e. The average molecular weight is 425 g/mol. The van der Waals surface area contributed by atoms with E-state index in [0.29, 0.717) is 29.8 Å². The molecule has 0 unspecified atom stereocenters. The van der Waals surface area contributed by atoms with Crippen molar-refractivity contribution in [3.05, 3.63) is 46.2 Å². The first-order chi connectivity index (χ1) is 14.5. The van der Waals surface area contributed by atoms with Crippen molar-refractivity contribution >= 4 is 29.1 Å². The molecule has 0 spiro atoms. The van der Waals surface area contributed by atoms with Crippen LogP contribution in [0.4, 0.5) is 5.69 Å². The first-order valence-electron chi connectivity index (χ1n) is 9.99. The van der Waals surface area contributed by atoms with Gasteiger partial charge in [-0.2, -0.15) is 4.98 Å². The predicted molar refractivity (Wildman–Crippen MR) is 116 cm³/mol. The molecule has 1 amide bonds. The zero-order valence-electron chi connectivity index (χ0n) is 17.0. The summed E-state index contributed by atoms with van der Waals surface area (Å²) in [4.78, 5) is 23.0. The largest absolute Gasteiger partial charge is 0.382 e. The minimum Gasteiger partial charge on any atom is -0.382 e. The normalized spacial score (nSPS) is 14.8. The van der Waals surface area contributed by atoms with Gasteiger partial charge in [0.1, 0.15) is 0 Å². The number of likely N-dealkylation sites (tertiary alicyclic amines) is 1. The lowest BCUT2D eigenvalue weighted by Gasteiger charge is -2.29. The van der Waals surface area contributed by atoms with Gasteiger partial charge in [-0.1, -0.05) is 17.3 Å². The van der Waals surface area contributed by atoms with Gasteiger partial charge in [0.2, 0.25) is 11.7 Å². The topological polar surface area (TPSA) is 108 Å². The Morgan fingerprint density at radius 2 is 2.17 bits per heavy atom. The van der Waals surface area contributed by atoms with E-state index in [4.69, 9.17) is 9.93 Å². The third-order valence-electron chi connectivity index (χ3n) is 5.10. The van der Waals surface area contributed by atoms with Gasteiger partial charge in [-0.25, -0.2) is 4.98 Å². The molecule has 3 aromatic rings. The molecule has 1 aromatic carbocycles. The van der Waals surface area contributed by atoms with Crippen molar-refractivity contribution in [2.75, 3.05) is 18.4 Å². The number of thiazole rings is 1. The van der Waals surface area contributed by atoms with Gasteiger partial charge in [-0.3, -0.25) is 4.79 Å². The van der Waals surface area contributed by atoms with E-state index < -0.39 is 0 Å². The van der Waals surface area contributed by atoms with Crippen LogP contribution in [0.5, 0.6) is 0 Å². The Labute approximate surface area is 178 Å².